The molecule has 182 valence electrons. The first-order valence-electron chi connectivity index (χ1n) is 11.7. The highest BCUT2D eigenvalue weighted by atomic mass is 19.1. The SMILES string of the molecule is CCc1ccc(F)c(C(Nc2ccc3c(N)nccc3c2)c2nc(-c3cccc(OC)c3)nn2C)c1. The lowest BCUT2D eigenvalue weighted by atomic mass is 10.0. The number of nitrogens with zero attached hydrogens (tertiary/aromatic N) is 4. The molecule has 0 radical (unpaired) electrons. The molecule has 3 N–H and O–H groups in total. The number of methoxy groups -OCH3 is 1. The summed E-state index contributed by atoms with van der Waals surface area (Å²) in [5, 5.41) is 9.93. The zero-order valence-electron chi connectivity index (χ0n) is 20.4. The molecule has 0 aliphatic heterocycles. The maximum atomic E-state index is 15.3. The summed E-state index contributed by atoms with van der Waals surface area (Å²) in [6, 6.07) is 19.9. The van der Waals surface area contributed by atoms with Gasteiger partial charge in [0.25, 0.3) is 0 Å². The van der Waals surface area contributed by atoms with Gasteiger partial charge in [-0.25, -0.2) is 14.4 Å². The number of rotatable bonds is 7. The van der Waals surface area contributed by atoms with E-state index in [9.17, 15) is 0 Å². The van der Waals surface area contributed by atoms with Crippen LogP contribution in [0.1, 0.15) is 29.9 Å². The van der Waals surface area contributed by atoms with Crippen molar-refractivity contribution in [1.82, 2.24) is 19.7 Å². The molecule has 0 bridgehead atoms. The molecule has 0 aliphatic carbocycles. The molecule has 2 heterocycles. The molecule has 1 atom stereocenters. The third-order valence-electron chi connectivity index (χ3n) is 6.27. The van der Waals surface area contributed by atoms with E-state index in [0.717, 1.165) is 34.0 Å². The van der Waals surface area contributed by atoms with E-state index in [-0.39, 0.29) is 5.82 Å². The van der Waals surface area contributed by atoms with Crippen LogP contribution in [0.4, 0.5) is 15.9 Å². The van der Waals surface area contributed by atoms with Crippen LogP contribution in [-0.4, -0.2) is 26.9 Å². The Morgan fingerprint density at radius 2 is 1.94 bits per heavy atom. The first kappa shape index (κ1) is 23.3. The van der Waals surface area contributed by atoms with E-state index in [2.05, 4.69) is 15.4 Å². The summed E-state index contributed by atoms with van der Waals surface area (Å²) in [4.78, 5) is 9.00. The average molecular weight is 483 g/mol. The van der Waals surface area contributed by atoms with Gasteiger partial charge in [-0.05, 0) is 59.8 Å². The molecular formula is C28H27FN6O. The third-order valence-corrected chi connectivity index (χ3v) is 6.27. The molecular weight excluding hydrogens is 455 g/mol. The van der Waals surface area contributed by atoms with Crippen LogP contribution in [0.15, 0.2) is 72.9 Å². The fourth-order valence-corrected chi connectivity index (χ4v) is 4.31. The third kappa shape index (κ3) is 4.45. The number of aromatic nitrogens is 4. The molecule has 0 amide bonds. The summed E-state index contributed by atoms with van der Waals surface area (Å²) in [6.07, 6.45) is 2.46. The highest BCUT2D eigenvalue weighted by molar-refractivity contribution is 5.92. The van der Waals surface area contributed by atoms with Crippen LogP contribution in [0.25, 0.3) is 22.2 Å². The number of benzene rings is 3. The number of hydrogen-bond donors (Lipinski definition) is 2. The summed E-state index contributed by atoms with van der Waals surface area (Å²) in [5.41, 5.74) is 9.17. The number of halogens is 1. The highest BCUT2D eigenvalue weighted by Gasteiger charge is 2.25. The predicted octanol–water partition coefficient (Wildman–Crippen LogP) is 5.52. The number of aryl methyl sites for hydroxylation is 2. The zero-order valence-corrected chi connectivity index (χ0v) is 20.4. The minimum Gasteiger partial charge on any atom is -0.497 e. The molecule has 7 nitrogen and oxygen atoms in total. The van der Waals surface area contributed by atoms with E-state index in [4.69, 9.17) is 15.5 Å². The molecule has 0 saturated carbocycles. The van der Waals surface area contributed by atoms with Crippen molar-refractivity contribution < 1.29 is 9.13 Å². The standard InChI is InChI=1S/C28H27FN6O/c1-4-17-8-11-24(29)23(14-17)25(32-20-9-10-22-18(15-20)12-13-31-26(22)30)28-33-27(34-35(28)2)19-6-5-7-21(16-19)36-3/h5-16,25,32H,4H2,1-3H3,(H2,30,31). The Balaban J connectivity index is 1.62. The molecule has 5 rings (SSSR count). The Kier molecular flexibility index (Phi) is 6.25. The van der Waals surface area contributed by atoms with Gasteiger partial charge >= 0.3 is 0 Å². The summed E-state index contributed by atoms with van der Waals surface area (Å²) in [5.74, 6) is 1.97. The van der Waals surface area contributed by atoms with E-state index in [1.165, 1.54) is 6.07 Å². The van der Waals surface area contributed by atoms with Crippen molar-refractivity contribution in [2.75, 3.05) is 18.2 Å². The molecule has 0 fully saturated rings. The molecule has 0 spiro atoms. The van der Waals surface area contributed by atoms with Crippen LogP contribution in [-0.2, 0) is 13.5 Å². The quantitative estimate of drug-likeness (QED) is 0.317. The van der Waals surface area contributed by atoms with Gasteiger partial charge in [0.05, 0.1) is 7.11 Å². The Bertz CT molecular complexity index is 1550. The second kappa shape index (κ2) is 9.65. The van der Waals surface area contributed by atoms with Crippen molar-refractivity contribution in [3.63, 3.8) is 0 Å². The molecule has 3 aromatic carbocycles. The van der Waals surface area contributed by atoms with Gasteiger partial charge in [0.1, 0.15) is 23.4 Å². The summed E-state index contributed by atoms with van der Waals surface area (Å²) >= 11 is 0. The van der Waals surface area contributed by atoms with Gasteiger partial charge in [0.15, 0.2) is 11.6 Å². The molecule has 0 aliphatic rings. The maximum Gasteiger partial charge on any atom is 0.181 e. The fourth-order valence-electron chi connectivity index (χ4n) is 4.31. The second-order valence-electron chi connectivity index (χ2n) is 8.57. The van der Waals surface area contributed by atoms with Crippen LogP contribution in [0, 0.1) is 5.82 Å². The highest BCUT2D eigenvalue weighted by Crippen LogP contribution is 2.32. The molecule has 0 saturated heterocycles. The lowest BCUT2D eigenvalue weighted by molar-refractivity contribution is 0.415. The number of anilines is 2. The van der Waals surface area contributed by atoms with E-state index >= 15 is 4.39 Å². The summed E-state index contributed by atoms with van der Waals surface area (Å²) in [7, 11) is 3.43. The second-order valence-corrected chi connectivity index (χ2v) is 8.57. The van der Waals surface area contributed by atoms with Crippen molar-refractivity contribution in [3.05, 3.63) is 95.7 Å². The first-order chi connectivity index (χ1) is 17.5. The van der Waals surface area contributed by atoms with Crippen molar-refractivity contribution in [2.24, 2.45) is 7.05 Å². The van der Waals surface area contributed by atoms with Gasteiger partial charge < -0.3 is 15.8 Å². The predicted molar refractivity (Wildman–Crippen MR) is 140 cm³/mol. The van der Waals surface area contributed by atoms with E-state index in [0.29, 0.717) is 28.8 Å². The molecule has 36 heavy (non-hydrogen) atoms. The van der Waals surface area contributed by atoms with E-state index < -0.39 is 6.04 Å². The van der Waals surface area contributed by atoms with Crippen molar-refractivity contribution in [1.29, 1.82) is 0 Å². The van der Waals surface area contributed by atoms with Gasteiger partial charge in [0, 0.05) is 35.4 Å². The number of fused-ring (bicyclic) bond motifs is 1. The van der Waals surface area contributed by atoms with Crippen molar-refractivity contribution in [2.45, 2.75) is 19.4 Å². The Labute approximate surface area is 208 Å². The topological polar surface area (TPSA) is 90.9 Å². The summed E-state index contributed by atoms with van der Waals surface area (Å²) < 4.78 is 22.3. The number of ether oxygens (including phenoxy) is 1. The van der Waals surface area contributed by atoms with E-state index in [1.54, 1.807) is 24.1 Å². The lowest BCUT2D eigenvalue weighted by Crippen LogP contribution is -2.19. The van der Waals surface area contributed by atoms with Gasteiger partial charge in [-0.3, -0.25) is 4.68 Å². The Morgan fingerprint density at radius 1 is 1.08 bits per heavy atom. The fraction of sp³-hybridized carbons (Fsp3) is 0.179. The van der Waals surface area contributed by atoms with Crippen LogP contribution in [0.5, 0.6) is 5.75 Å². The minimum absolute atomic E-state index is 0.315. The van der Waals surface area contributed by atoms with Crippen molar-refractivity contribution >= 4 is 22.3 Å². The van der Waals surface area contributed by atoms with Crippen molar-refractivity contribution in [3.8, 4) is 17.1 Å². The number of nitrogens with two attached hydrogens (primary N) is 1. The van der Waals surface area contributed by atoms with Crippen LogP contribution >= 0.6 is 0 Å². The van der Waals surface area contributed by atoms with Gasteiger partial charge in [-0.1, -0.05) is 31.2 Å². The lowest BCUT2D eigenvalue weighted by Gasteiger charge is -2.21. The zero-order chi connectivity index (χ0) is 25.2. The minimum atomic E-state index is -0.593. The maximum absolute atomic E-state index is 15.3. The van der Waals surface area contributed by atoms with Gasteiger partial charge in [0.2, 0.25) is 0 Å². The largest absolute Gasteiger partial charge is 0.497 e. The normalized spacial score (nSPS) is 12.0. The monoisotopic (exact) mass is 482 g/mol. The molecule has 5 aromatic rings. The van der Waals surface area contributed by atoms with Crippen LogP contribution in [0.2, 0.25) is 0 Å². The Hall–Kier alpha value is -4.46. The average Bonchev–Trinajstić information content (AvgIpc) is 3.29. The van der Waals surface area contributed by atoms with Crippen LogP contribution in [0.3, 0.4) is 0 Å². The van der Waals surface area contributed by atoms with Gasteiger partial charge in [-0.15, -0.1) is 0 Å². The number of nitrogen functional groups attached to an aromatic ring is 1. The van der Waals surface area contributed by atoms with E-state index in [1.807, 2.05) is 68.6 Å². The van der Waals surface area contributed by atoms with Gasteiger partial charge in [-0.2, -0.15) is 5.10 Å². The first-order valence-corrected chi connectivity index (χ1v) is 11.7. The smallest absolute Gasteiger partial charge is 0.181 e. The molecule has 2 aromatic heterocycles. The Morgan fingerprint density at radius 3 is 2.75 bits per heavy atom. The van der Waals surface area contributed by atoms with Crippen LogP contribution < -0.4 is 15.8 Å². The number of nitrogens with one attached hydrogen (secondary N) is 1. The number of pyridine rings is 1. The molecule has 8 heteroatoms. The number of hydrogen-bond acceptors (Lipinski definition) is 6. The molecule has 1 unspecified atom stereocenters. The summed E-state index contributed by atoms with van der Waals surface area (Å²) in [6.45, 7) is 2.05.